The highest BCUT2D eigenvalue weighted by atomic mass is 32.2. The molecule has 4 aromatic rings. The summed E-state index contributed by atoms with van der Waals surface area (Å²) in [5.41, 5.74) is 1.71. The van der Waals surface area contributed by atoms with Crippen LogP contribution < -0.4 is 20.3 Å². The molecule has 0 bridgehead atoms. The first-order valence-electron chi connectivity index (χ1n) is 13.5. The van der Waals surface area contributed by atoms with Gasteiger partial charge in [0.05, 0.1) is 35.9 Å². The maximum absolute atomic E-state index is 13.8. The zero-order valence-corrected chi connectivity index (χ0v) is 24.6. The van der Waals surface area contributed by atoms with E-state index in [-0.39, 0.29) is 29.8 Å². The zero-order valence-electron chi connectivity index (χ0n) is 23.7. The van der Waals surface area contributed by atoms with E-state index in [1.54, 1.807) is 12.1 Å². The van der Waals surface area contributed by atoms with Crippen LogP contribution in [0.15, 0.2) is 70.6 Å². The first-order valence-corrected chi connectivity index (χ1v) is 14.3. The third-order valence-corrected chi connectivity index (χ3v) is 8.22. The Morgan fingerprint density at radius 3 is 2.17 bits per heavy atom. The molecule has 0 spiro atoms. The first-order chi connectivity index (χ1) is 20.1. The third-order valence-electron chi connectivity index (χ3n) is 6.87. The maximum atomic E-state index is 13.8. The fraction of sp³-hybridized carbons (Fsp3) is 0.323. The SMILES string of the molecule is CCc1ccc(NC(=O)C(CC)Sc2nc3cc(OC)c(OC)cc3c(=O)n2CCc2ccc(C(F)(F)F)cc2)cc1. The number of benzene rings is 3. The fourth-order valence-corrected chi connectivity index (χ4v) is 5.45. The van der Waals surface area contributed by atoms with Gasteiger partial charge in [0.2, 0.25) is 5.91 Å². The maximum Gasteiger partial charge on any atom is 0.416 e. The molecule has 0 radical (unpaired) electrons. The number of rotatable bonds is 11. The summed E-state index contributed by atoms with van der Waals surface area (Å²) in [7, 11) is 2.94. The Morgan fingerprint density at radius 1 is 0.976 bits per heavy atom. The van der Waals surface area contributed by atoms with Gasteiger partial charge < -0.3 is 14.8 Å². The molecule has 0 aliphatic heterocycles. The molecule has 0 aliphatic rings. The molecule has 1 atom stereocenters. The third kappa shape index (κ3) is 7.07. The number of halogens is 3. The van der Waals surface area contributed by atoms with Gasteiger partial charge in [0.15, 0.2) is 16.7 Å². The number of nitrogens with zero attached hydrogens (tertiary/aromatic N) is 2. The smallest absolute Gasteiger partial charge is 0.416 e. The predicted molar refractivity (Wildman–Crippen MR) is 159 cm³/mol. The number of carbonyl (C=O) groups excluding carboxylic acids is 1. The molecule has 11 heteroatoms. The molecule has 42 heavy (non-hydrogen) atoms. The number of ether oxygens (including phenoxy) is 2. The van der Waals surface area contributed by atoms with E-state index in [2.05, 4.69) is 12.2 Å². The van der Waals surface area contributed by atoms with E-state index < -0.39 is 17.0 Å². The van der Waals surface area contributed by atoms with Gasteiger partial charge in [-0.2, -0.15) is 13.2 Å². The Balaban J connectivity index is 1.69. The molecule has 222 valence electrons. The quantitative estimate of drug-likeness (QED) is 0.152. The van der Waals surface area contributed by atoms with Crippen molar-refractivity contribution >= 4 is 34.3 Å². The van der Waals surface area contributed by atoms with Crippen molar-refractivity contribution < 1.29 is 27.4 Å². The Hall–Kier alpha value is -3.99. The van der Waals surface area contributed by atoms with Crippen LogP contribution in [0, 0.1) is 0 Å². The van der Waals surface area contributed by atoms with Crippen LogP contribution in [0.4, 0.5) is 18.9 Å². The van der Waals surface area contributed by atoms with Gasteiger partial charge in [-0.25, -0.2) is 4.98 Å². The van der Waals surface area contributed by atoms with E-state index in [9.17, 15) is 22.8 Å². The second-order valence-electron chi connectivity index (χ2n) is 9.57. The standard InChI is InChI=1S/C31H32F3N3O4S/c1-5-19-9-13-22(14-10-19)35-28(38)27(6-2)42-30-36-24-18-26(41-4)25(40-3)17-23(24)29(39)37(30)16-15-20-7-11-21(12-8-20)31(32,33)34/h7-14,17-18,27H,5-6,15-16H2,1-4H3,(H,35,38). The zero-order chi connectivity index (χ0) is 30.4. The lowest BCUT2D eigenvalue weighted by Gasteiger charge is -2.19. The average molecular weight is 600 g/mol. The number of anilines is 1. The van der Waals surface area contributed by atoms with Gasteiger partial charge >= 0.3 is 6.18 Å². The number of nitrogens with one attached hydrogen (secondary N) is 1. The van der Waals surface area contributed by atoms with E-state index in [0.29, 0.717) is 39.8 Å². The Morgan fingerprint density at radius 2 is 1.60 bits per heavy atom. The van der Waals surface area contributed by atoms with Crippen LogP contribution >= 0.6 is 11.8 Å². The normalized spacial score (nSPS) is 12.3. The molecule has 0 aliphatic carbocycles. The molecular weight excluding hydrogens is 567 g/mol. The van der Waals surface area contributed by atoms with Crippen LogP contribution in [0.5, 0.6) is 11.5 Å². The number of fused-ring (bicyclic) bond motifs is 1. The summed E-state index contributed by atoms with van der Waals surface area (Å²) in [5.74, 6) is 0.525. The predicted octanol–water partition coefficient (Wildman–Crippen LogP) is 6.75. The molecular formula is C31H32F3N3O4S. The molecule has 0 saturated carbocycles. The van der Waals surface area contributed by atoms with E-state index >= 15 is 0 Å². The number of alkyl halides is 3. The summed E-state index contributed by atoms with van der Waals surface area (Å²) >= 11 is 1.16. The van der Waals surface area contributed by atoms with E-state index in [1.165, 1.54) is 30.9 Å². The van der Waals surface area contributed by atoms with Crippen LogP contribution in [0.1, 0.15) is 37.0 Å². The van der Waals surface area contributed by atoms with Gasteiger partial charge in [0.1, 0.15) is 0 Å². The molecule has 1 amide bonds. The van der Waals surface area contributed by atoms with Crippen molar-refractivity contribution in [1.29, 1.82) is 0 Å². The molecule has 1 aromatic heterocycles. The first kappa shape index (κ1) is 31.0. The largest absolute Gasteiger partial charge is 0.493 e. The Kier molecular flexibility index (Phi) is 9.82. The van der Waals surface area contributed by atoms with Crippen molar-refractivity contribution in [1.82, 2.24) is 9.55 Å². The summed E-state index contributed by atoms with van der Waals surface area (Å²) in [6, 6.07) is 15.6. The summed E-state index contributed by atoms with van der Waals surface area (Å²) in [6.45, 7) is 4.06. The summed E-state index contributed by atoms with van der Waals surface area (Å²) in [4.78, 5) is 31.8. The van der Waals surface area contributed by atoms with Gasteiger partial charge in [0, 0.05) is 18.3 Å². The molecule has 1 N–H and O–H groups in total. The Bertz CT molecular complexity index is 1600. The van der Waals surface area contributed by atoms with Gasteiger partial charge in [-0.15, -0.1) is 0 Å². The molecule has 1 heterocycles. The molecule has 0 saturated heterocycles. The van der Waals surface area contributed by atoms with Crippen LogP contribution in [-0.4, -0.2) is 34.9 Å². The van der Waals surface area contributed by atoms with E-state index in [4.69, 9.17) is 14.5 Å². The van der Waals surface area contributed by atoms with Gasteiger partial charge in [-0.1, -0.05) is 49.9 Å². The monoisotopic (exact) mass is 599 g/mol. The highest BCUT2D eigenvalue weighted by Crippen LogP contribution is 2.33. The molecule has 7 nitrogen and oxygen atoms in total. The minimum Gasteiger partial charge on any atom is -0.493 e. The number of hydrogen-bond acceptors (Lipinski definition) is 6. The number of thioether (sulfide) groups is 1. The number of hydrogen-bond donors (Lipinski definition) is 1. The molecule has 3 aromatic carbocycles. The van der Waals surface area contributed by atoms with E-state index in [1.807, 2.05) is 31.2 Å². The minimum absolute atomic E-state index is 0.139. The summed E-state index contributed by atoms with van der Waals surface area (Å²) < 4.78 is 51.3. The second kappa shape index (κ2) is 13.3. The highest BCUT2D eigenvalue weighted by Gasteiger charge is 2.30. The van der Waals surface area contributed by atoms with Crippen LogP contribution in [-0.2, 0) is 30.4 Å². The fourth-order valence-electron chi connectivity index (χ4n) is 4.41. The van der Waals surface area contributed by atoms with Crippen molar-refractivity contribution in [3.8, 4) is 11.5 Å². The average Bonchev–Trinajstić information content (AvgIpc) is 2.99. The van der Waals surface area contributed by atoms with Gasteiger partial charge in [0.25, 0.3) is 5.56 Å². The van der Waals surface area contributed by atoms with Gasteiger partial charge in [-0.3, -0.25) is 14.2 Å². The topological polar surface area (TPSA) is 82.5 Å². The van der Waals surface area contributed by atoms with Crippen LogP contribution in [0.3, 0.4) is 0 Å². The Labute approximate surface area is 246 Å². The number of aromatic nitrogens is 2. The van der Waals surface area contributed by atoms with Crippen molar-refractivity contribution in [3.05, 3.63) is 87.7 Å². The van der Waals surface area contributed by atoms with Crippen molar-refractivity contribution in [3.63, 3.8) is 0 Å². The number of aryl methyl sites for hydroxylation is 2. The van der Waals surface area contributed by atoms with Crippen molar-refractivity contribution in [2.24, 2.45) is 0 Å². The molecule has 0 fully saturated rings. The van der Waals surface area contributed by atoms with Crippen molar-refractivity contribution in [2.45, 2.75) is 56.2 Å². The van der Waals surface area contributed by atoms with Crippen LogP contribution in [0.2, 0.25) is 0 Å². The number of methoxy groups -OCH3 is 2. The lowest BCUT2D eigenvalue weighted by atomic mass is 10.1. The highest BCUT2D eigenvalue weighted by molar-refractivity contribution is 8.00. The summed E-state index contributed by atoms with van der Waals surface area (Å²) in [5, 5.41) is 2.97. The van der Waals surface area contributed by atoms with E-state index in [0.717, 1.165) is 35.9 Å². The second-order valence-corrected chi connectivity index (χ2v) is 10.7. The summed E-state index contributed by atoms with van der Waals surface area (Å²) in [6.07, 6.45) is -2.81. The van der Waals surface area contributed by atoms with Crippen molar-refractivity contribution in [2.75, 3.05) is 19.5 Å². The molecule has 4 rings (SSSR count). The molecule has 1 unspecified atom stereocenters. The number of amides is 1. The van der Waals surface area contributed by atoms with Gasteiger partial charge in [-0.05, 0) is 60.7 Å². The lowest BCUT2D eigenvalue weighted by molar-refractivity contribution is -0.137. The number of carbonyl (C=O) groups is 1. The van der Waals surface area contributed by atoms with Crippen LogP contribution in [0.25, 0.3) is 10.9 Å². The minimum atomic E-state index is -4.44. The lowest BCUT2D eigenvalue weighted by Crippen LogP contribution is -2.28.